The first kappa shape index (κ1) is 9.46. The van der Waals surface area contributed by atoms with Crippen molar-refractivity contribution in [1.29, 1.82) is 0 Å². The molecular weight excluding hydrogens is 242 g/mol. The summed E-state index contributed by atoms with van der Waals surface area (Å²) in [5.41, 5.74) is 1.17. The van der Waals surface area contributed by atoms with Gasteiger partial charge in [-0.25, -0.2) is 0 Å². The van der Waals surface area contributed by atoms with Gasteiger partial charge in [0, 0.05) is 23.1 Å². The van der Waals surface area contributed by atoms with E-state index in [1.807, 2.05) is 31.3 Å². The van der Waals surface area contributed by atoms with E-state index in [4.69, 9.17) is 0 Å². The Labute approximate surface area is 90.3 Å². The molecule has 0 aliphatic carbocycles. The van der Waals surface area contributed by atoms with Crippen LogP contribution in [-0.2, 0) is 7.05 Å². The van der Waals surface area contributed by atoms with Gasteiger partial charge in [0.2, 0.25) is 0 Å². The highest BCUT2D eigenvalue weighted by molar-refractivity contribution is 9.10. The second kappa shape index (κ2) is 3.24. The van der Waals surface area contributed by atoms with Gasteiger partial charge in [0.1, 0.15) is 0 Å². The van der Waals surface area contributed by atoms with E-state index in [0.717, 1.165) is 20.8 Å². The molecule has 2 aromatic rings. The predicted octanol–water partition coefficient (Wildman–Crippen LogP) is 2.61. The fraction of sp³-hybridized carbons (Fsp3) is 0.182. The van der Waals surface area contributed by atoms with Gasteiger partial charge in [-0.2, -0.15) is 0 Å². The summed E-state index contributed by atoms with van der Waals surface area (Å²) in [4.78, 5) is 11.7. The van der Waals surface area contributed by atoms with Crippen LogP contribution in [0.5, 0.6) is 0 Å². The Kier molecular flexibility index (Phi) is 2.19. The molecule has 0 fully saturated rings. The largest absolute Gasteiger partial charge is 0.318 e. The van der Waals surface area contributed by atoms with Crippen LogP contribution in [0.3, 0.4) is 0 Å². The van der Waals surface area contributed by atoms with Crippen molar-refractivity contribution in [3.05, 3.63) is 44.8 Å². The zero-order chi connectivity index (χ0) is 10.3. The number of fused-ring (bicyclic) bond motifs is 1. The average molecular weight is 252 g/mol. The van der Waals surface area contributed by atoms with Gasteiger partial charge in [-0.05, 0) is 36.1 Å². The first-order valence-corrected chi connectivity index (χ1v) is 5.14. The smallest absolute Gasteiger partial charge is 0.258 e. The summed E-state index contributed by atoms with van der Waals surface area (Å²) in [6.07, 6.45) is 1.86. The molecule has 0 spiro atoms. The van der Waals surface area contributed by atoms with E-state index < -0.39 is 0 Å². The molecule has 1 aromatic carbocycles. The molecular formula is C11H10BrNO. The van der Waals surface area contributed by atoms with Crippen LogP contribution in [0.1, 0.15) is 5.56 Å². The molecule has 1 aromatic heterocycles. The van der Waals surface area contributed by atoms with Crippen molar-refractivity contribution in [2.24, 2.45) is 7.05 Å². The fourth-order valence-corrected chi connectivity index (χ4v) is 2.00. The summed E-state index contributed by atoms with van der Waals surface area (Å²) in [6, 6.07) is 5.73. The molecule has 1 heterocycles. The number of rotatable bonds is 0. The van der Waals surface area contributed by atoms with Crippen molar-refractivity contribution in [3.8, 4) is 0 Å². The molecule has 0 saturated carbocycles. The summed E-state index contributed by atoms with van der Waals surface area (Å²) in [5, 5.41) is 1.79. The molecule has 0 bridgehead atoms. The molecule has 0 amide bonds. The van der Waals surface area contributed by atoms with Gasteiger partial charge in [0.05, 0.1) is 0 Å². The van der Waals surface area contributed by atoms with E-state index in [1.165, 1.54) is 0 Å². The number of aryl methyl sites for hydroxylation is 2. The Balaban J connectivity index is 3.02. The maximum absolute atomic E-state index is 11.7. The minimum Gasteiger partial charge on any atom is -0.318 e. The molecule has 3 heteroatoms. The minimum atomic E-state index is 0.0538. The maximum atomic E-state index is 11.7. The van der Waals surface area contributed by atoms with Crippen LogP contribution >= 0.6 is 15.9 Å². The summed E-state index contributed by atoms with van der Waals surface area (Å²) in [5.74, 6) is 0. The van der Waals surface area contributed by atoms with E-state index >= 15 is 0 Å². The van der Waals surface area contributed by atoms with E-state index in [9.17, 15) is 4.79 Å². The number of halogens is 1. The number of benzene rings is 1. The van der Waals surface area contributed by atoms with Crippen molar-refractivity contribution in [2.75, 3.05) is 0 Å². The number of hydrogen-bond acceptors (Lipinski definition) is 1. The summed E-state index contributed by atoms with van der Waals surface area (Å²) >= 11 is 3.40. The SMILES string of the molecule is Cc1cn(C)c(=O)c2ccc(Br)cc12. The summed E-state index contributed by atoms with van der Waals surface area (Å²) in [7, 11) is 1.77. The highest BCUT2D eigenvalue weighted by Gasteiger charge is 2.03. The normalized spacial score (nSPS) is 10.8. The molecule has 72 valence electrons. The van der Waals surface area contributed by atoms with Gasteiger partial charge < -0.3 is 4.57 Å². The van der Waals surface area contributed by atoms with Gasteiger partial charge >= 0.3 is 0 Å². The van der Waals surface area contributed by atoms with Crippen molar-refractivity contribution >= 4 is 26.7 Å². The second-order valence-corrected chi connectivity index (χ2v) is 4.33. The molecule has 0 aliphatic heterocycles. The third-order valence-corrected chi connectivity index (χ3v) is 2.84. The first-order chi connectivity index (χ1) is 6.59. The second-order valence-electron chi connectivity index (χ2n) is 3.42. The lowest BCUT2D eigenvalue weighted by Gasteiger charge is -2.05. The summed E-state index contributed by atoms with van der Waals surface area (Å²) in [6.45, 7) is 2.01. The lowest BCUT2D eigenvalue weighted by Crippen LogP contribution is -2.16. The molecule has 0 saturated heterocycles. The maximum Gasteiger partial charge on any atom is 0.258 e. The molecule has 0 N–H and O–H groups in total. The monoisotopic (exact) mass is 251 g/mol. The topological polar surface area (TPSA) is 22.0 Å². The van der Waals surface area contributed by atoms with Crippen LogP contribution in [0.15, 0.2) is 33.7 Å². The minimum absolute atomic E-state index is 0.0538. The van der Waals surface area contributed by atoms with Gasteiger partial charge in [0.25, 0.3) is 5.56 Å². The Hall–Kier alpha value is -1.09. The van der Waals surface area contributed by atoms with Crippen molar-refractivity contribution in [3.63, 3.8) is 0 Å². The van der Waals surface area contributed by atoms with E-state index in [0.29, 0.717) is 0 Å². The lowest BCUT2D eigenvalue weighted by atomic mass is 10.1. The number of pyridine rings is 1. The quantitative estimate of drug-likeness (QED) is 0.706. The molecule has 2 rings (SSSR count). The molecule has 2 nitrogen and oxygen atoms in total. The Bertz CT molecular complexity index is 557. The van der Waals surface area contributed by atoms with Crippen molar-refractivity contribution in [2.45, 2.75) is 6.92 Å². The molecule has 14 heavy (non-hydrogen) atoms. The van der Waals surface area contributed by atoms with Crippen molar-refractivity contribution < 1.29 is 0 Å². The van der Waals surface area contributed by atoms with Crippen LogP contribution in [0.2, 0.25) is 0 Å². The lowest BCUT2D eigenvalue weighted by molar-refractivity contribution is 0.866. The van der Waals surface area contributed by atoms with Gasteiger partial charge in [-0.3, -0.25) is 4.79 Å². The summed E-state index contributed by atoms with van der Waals surface area (Å²) < 4.78 is 2.62. The zero-order valence-corrected chi connectivity index (χ0v) is 9.63. The highest BCUT2D eigenvalue weighted by atomic mass is 79.9. The van der Waals surface area contributed by atoms with Crippen molar-refractivity contribution in [1.82, 2.24) is 4.57 Å². The van der Waals surface area contributed by atoms with Crippen LogP contribution in [0.4, 0.5) is 0 Å². The zero-order valence-electron chi connectivity index (χ0n) is 8.04. The van der Waals surface area contributed by atoms with Gasteiger partial charge in [-0.1, -0.05) is 15.9 Å². The number of aromatic nitrogens is 1. The Morgan fingerprint density at radius 2 is 2.00 bits per heavy atom. The highest BCUT2D eigenvalue weighted by Crippen LogP contribution is 2.19. The molecule has 0 unspecified atom stereocenters. The molecule has 0 radical (unpaired) electrons. The van der Waals surface area contributed by atoms with E-state index in [2.05, 4.69) is 15.9 Å². The number of nitrogens with zero attached hydrogens (tertiary/aromatic N) is 1. The van der Waals surface area contributed by atoms with Gasteiger partial charge in [0.15, 0.2) is 0 Å². The van der Waals surface area contributed by atoms with Crippen LogP contribution < -0.4 is 5.56 Å². The first-order valence-electron chi connectivity index (χ1n) is 4.35. The van der Waals surface area contributed by atoms with Crippen LogP contribution in [0.25, 0.3) is 10.8 Å². The average Bonchev–Trinajstić information content (AvgIpc) is 2.14. The fourth-order valence-electron chi connectivity index (χ4n) is 1.64. The number of hydrogen-bond donors (Lipinski definition) is 0. The van der Waals surface area contributed by atoms with Crippen LogP contribution in [-0.4, -0.2) is 4.57 Å². The molecule has 0 aliphatic rings. The van der Waals surface area contributed by atoms with Gasteiger partial charge in [-0.15, -0.1) is 0 Å². The third kappa shape index (κ3) is 1.38. The Morgan fingerprint density at radius 1 is 1.29 bits per heavy atom. The Morgan fingerprint density at radius 3 is 2.71 bits per heavy atom. The standard InChI is InChI=1S/C11H10BrNO/c1-7-6-13(2)11(14)9-4-3-8(12)5-10(7)9/h3-6H,1-2H3. The predicted molar refractivity (Wildman–Crippen MR) is 61.6 cm³/mol. The van der Waals surface area contributed by atoms with E-state index in [-0.39, 0.29) is 5.56 Å². The van der Waals surface area contributed by atoms with Crippen LogP contribution in [0, 0.1) is 6.92 Å². The third-order valence-electron chi connectivity index (χ3n) is 2.34. The molecule has 0 atom stereocenters. The van der Waals surface area contributed by atoms with E-state index in [1.54, 1.807) is 11.6 Å².